The Labute approximate surface area is 266 Å². The predicted octanol–water partition coefficient (Wildman–Crippen LogP) is 3.44. The summed E-state index contributed by atoms with van der Waals surface area (Å²) in [7, 11) is 1.89. The van der Waals surface area contributed by atoms with Crippen molar-refractivity contribution in [1.29, 1.82) is 0 Å². The molecule has 2 fully saturated rings. The van der Waals surface area contributed by atoms with Crippen molar-refractivity contribution in [1.82, 2.24) is 39.6 Å². The molecule has 0 bridgehead atoms. The van der Waals surface area contributed by atoms with Crippen LogP contribution in [-0.4, -0.2) is 97.5 Å². The zero-order valence-corrected chi connectivity index (χ0v) is 26.2. The molecule has 5 aromatic rings. The van der Waals surface area contributed by atoms with Crippen LogP contribution >= 0.6 is 0 Å². The van der Waals surface area contributed by atoms with Crippen LogP contribution in [0.2, 0.25) is 0 Å². The molecule has 3 N–H and O–H groups in total. The van der Waals surface area contributed by atoms with Crippen molar-refractivity contribution in [3.8, 4) is 17.1 Å². The van der Waals surface area contributed by atoms with E-state index in [0.29, 0.717) is 43.1 Å². The number of rotatable bonds is 9. The smallest absolute Gasteiger partial charge is 0.238 e. The number of amides is 1. The van der Waals surface area contributed by atoms with E-state index in [4.69, 9.17) is 14.5 Å². The summed E-state index contributed by atoms with van der Waals surface area (Å²) in [5.74, 6) is 2.45. The second kappa shape index (κ2) is 12.7. The molecule has 2 aliphatic rings. The molecule has 2 aliphatic heterocycles. The number of para-hydroxylation sites is 1. The van der Waals surface area contributed by atoms with Gasteiger partial charge in [0.15, 0.2) is 5.82 Å². The van der Waals surface area contributed by atoms with Gasteiger partial charge in [0.2, 0.25) is 17.7 Å². The van der Waals surface area contributed by atoms with E-state index in [1.165, 1.54) is 6.33 Å². The number of benzene rings is 1. The summed E-state index contributed by atoms with van der Waals surface area (Å²) in [6.07, 6.45) is 6.02. The Balaban J connectivity index is 0.991. The summed E-state index contributed by atoms with van der Waals surface area (Å²) in [5.41, 5.74) is 5.23. The van der Waals surface area contributed by atoms with Gasteiger partial charge in [0.25, 0.3) is 0 Å². The van der Waals surface area contributed by atoms with E-state index >= 15 is 0 Å². The average molecular weight is 624 g/mol. The normalized spacial score (nSPS) is 17.0. The van der Waals surface area contributed by atoms with Gasteiger partial charge in [-0.3, -0.25) is 14.4 Å². The Morgan fingerprint density at radius 1 is 1.13 bits per heavy atom. The number of aryl methyl sites for hydroxylation is 3. The molecule has 238 valence electrons. The number of hydrogen-bond donors (Lipinski definition) is 3. The van der Waals surface area contributed by atoms with E-state index in [1.54, 1.807) is 10.9 Å². The average Bonchev–Trinajstić information content (AvgIpc) is 3.77. The highest BCUT2D eigenvalue weighted by atomic mass is 16.5. The topological polar surface area (TPSA) is 151 Å². The number of fused-ring (bicyclic) bond motifs is 1. The van der Waals surface area contributed by atoms with Gasteiger partial charge in [-0.15, -0.1) is 0 Å². The number of ether oxygens (including phenoxy) is 2. The van der Waals surface area contributed by atoms with Crippen LogP contribution in [0.15, 0.2) is 49.1 Å². The molecule has 0 saturated carbocycles. The third-order valence-electron chi connectivity index (χ3n) is 8.42. The van der Waals surface area contributed by atoms with Crippen molar-refractivity contribution < 1.29 is 14.3 Å². The van der Waals surface area contributed by atoms with Gasteiger partial charge in [-0.2, -0.15) is 5.10 Å². The largest absolute Gasteiger partial charge is 0.473 e. The van der Waals surface area contributed by atoms with Crippen LogP contribution < -0.4 is 20.3 Å². The number of morpholine rings is 1. The van der Waals surface area contributed by atoms with Crippen LogP contribution in [0.25, 0.3) is 22.2 Å². The minimum atomic E-state index is -0.0868. The van der Waals surface area contributed by atoms with Crippen molar-refractivity contribution >= 4 is 40.1 Å². The molecule has 14 heteroatoms. The number of aromatic nitrogens is 7. The highest BCUT2D eigenvalue weighted by Crippen LogP contribution is 2.33. The standard InChI is InChI=1S/C32H37N11O3/c1-20-15-34-32(38-26-13-21(2)41(3)40-26)39-30(20)24-16-33-31-23(24)5-4-6-25(31)37-28(44)18-42-8-7-22(17-42)46-29-14-27(35-19-36-29)43-9-11-45-12-10-43/h4-6,13-16,19,22,33H,7-12,17-18H2,1-3H3,(H,37,44)(H,34,38,39,40). The van der Waals surface area contributed by atoms with Gasteiger partial charge in [0.1, 0.15) is 18.2 Å². The fraction of sp³-hybridized carbons (Fsp3) is 0.375. The summed E-state index contributed by atoms with van der Waals surface area (Å²) in [4.78, 5) is 38.8. The van der Waals surface area contributed by atoms with E-state index in [1.807, 2.05) is 57.4 Å². The SMILES string of the molecule is Cc1cnc(Nc2cc(C)n(C)n2)nc1-c1c[nH]c2c(NC(=O)CN3CCC(Oc4cc(N5CCOCC5)ncn4)C3)cccc12. The predicted molar refractivity (Wildman–Crippen MR) is 174 cm³/mol. The molecular weight excluding hydrogens is 586 g/mol. The molecule has 1 atom stereocenters. The van der Waals surface area contributed by atoms with E-state index in [9.17, 15) is 4.79 Å². The molecule has 1 amide bonds. The van der Waals surface area contributed by atoms with E-state index in [0.717, 1.165) is 65.3 Å². The molecule has 6 heterocycles. The monoisotopic (exact) mass is 623 g/mol. The fourth-order valence-electron chi connectivity index (χ4n) is 5.93. The fourth-order valence-corrected chi connectivity index (χ4v) is 5.93. The maximum Gasteiger partial charge on any atom is 0.238 e. The van der Waals surface area contributed by atoms with Crippen LogP contribution in [0.5, 0.6) is 5.88 Å². The van der Waals surface area contributed by atoms with Crippen LogP contribution in [0.4, 0.5) is 23.3 Å². The van der Waals surface area contributed by atoms with Gasteiger partial charge in [0.05, 0.1) is 36.7 Å². The molecular formula is C32H37N11O3. The minimum absolute atomic E-state index is 0.0492. The summed E-state index contributed by atoms with van der Waals surface area (Å²) < 4.78 is 13.4. The lowest BCUT2D eigenvalue weighted by Crippen LogP contribution is -2.36. The van der Waals surface area contributed by atoms with Crippen molar-refractivity contribution in [2.75, 3.05) is 61.5 Å². The van der Waals surface area contributed by atoms with Gasteiger partial charge >= 0.3 is 0 Å². The molecule has 0 radical (unpaired) electrons. The molecule has 7 rings (SSSR count). The number of likely N-dealkylation sites (tertiary alicyclic amines) is 1. The summed E-state index contributed by atoms with van der Waals surface area (Å²) in [6, 6.07) is 9.69. The maximum absolute atomic E-state index is 13.2. The number of nitrogens with one attached hydrogen (secondary N) is 3. The lowest BCUT2D eigenvalue weighted by Gasteiger charge is -2.27. The first-order chi connectivity index (χ1) is 22.4. The number of carbonyl (C=O) groups is 1. The first-order valence-corrected chi connectivity index (χ1v) is 15.4. The first-order valence-electron chi connectivity index (χ1n) is 15.4. The highest BCUT2D eigenvalue weighted by molar-refractivity contribution is 6.06. The van der Waals surface area contributed by atoms with Gasteiger partial charge in [-0.25, -0.2) is 19.9 Å². The van der Waals surface area contributed by atoms with Crippen LogP contribution in [0.3, 0.4) is 0 Å². The first kappa shape index (κ1) is 29.6. The molecule has 46 heavy (non-hydrogen) atoms. The third kappa shape index (κ3) is 6.34. The summed E-state index contributed by atoms with van der Waals surface area (Å²) >= 11 is 0. The van der Waals surface area contributed by atoms with Crippen LogP contribution in [0.1, 0.15) is 17.7 Å². The van der Waals surface area contributed by atoms with Gasteiger partial charge in [-0.05, 0) is 31.9 Å². The number of carbonyl (C=O) groups excluding carboxylic acids is 1. The number of H-pyrrole nitrogens is 1. The highest BCUT2D eigenvalue weighted by Gasteiger charge is 2.27. The lowest BCUT2D eigenvalue weighted by molar-refractivity contribution is -0.117. The van der Waals surface area contributed by atoms with E-state index < -0.39 is 0 Å². The lowest BCUT2D eigenvalue weighted by atomic mass is 10.1. The van der Waals surface area contributed by atoms with E-state index in [2.05, 4.69) is 45.5 Å². The Hall–Kier alpha value is -5.08. The molecule has 4 aromatic heterocycles. The molecule has 0 aliphatic carbocycles. The van der Waals surface area contributed by atoms with Crippen molar-refractivity contribution in [2.45, 2.75) is 26.4 Å². The van der Waals surface area contributed by atoms with Crippen molar-refractivity contribution in [3.63, 3.8) is 0 Å². The Kier molecular flexibility index (Phi) is 8.20. The van der Waals surface area contributed by atoms with Gasteiger partial charge in [-0.1, -0.05) is 12.1 Å². The Bertz CT molecular complexity index is 1840. The third-order valence-corrected chi connectivity index (χ3v) is 8.42. The van der Waals surface area contributed by atoms with Crippen LogP contribution in [-0.2, 0) is 16.6 Å². The molecule has 2 saturated heterocycles. The van der Waals surface area contributed by atoms with Crippen molar-refractivity contribution in [2.24, 2.45) is 7.05 Å². The minimum Gasteiger partial charge on any atom is -0.473 e. The number of nitrogens with zero attached hydrogens (tertiary/aromatic N) is 8. The molecule has 0 spiro atoms. The van der Waals surface area contributed by atoms with Crippen molar-refractivity contribution in [3.05, 3.63) is 60.3 Å². The molecule has 1 aromatic carbocycles. The van der Waals surface area contributed by atoms with Gasteiger partial charge in [0, 0.05) is 74.4 Å². The number of aromatic amines is 1. The molecule has 1 unspecified atom stereocenters. The molecule has 14 nitrogen and oxygen atoms in total. The summed E-state index contributed by atoms with van der Waals surface area (Å²) in [6.45, 7) is 8.60. The Morgan fingerprint density at radius 2 is 2.00 bits per heavy atom. The van der Waals surface area contributed by atoms with Crippen LogP contribution in [0, 0.1) is 13.8 Å². The summed E-state index contributed by atoms with van der Waals surface area (Å²) in [5, 5.41) is 11.7. The van der Waals surface area contributed by atoms with E-state index in [-0.39, 0.29) is 18.6 Å². The maximum atomic E-state index is 13.2. The number of anilines is 4. The second-order valence-electron chi connectivity index (χ2n) is 11.7. The number of hydrogen-bond acceptors (Lipinski definition) is 11. The second-order valence-corrected chi connectivity index (χ2v) is 11.7. The quantitative estimate of drug-likeness (QED) is 0.222. The zero-order chi connectivity index (χ0) is 31.6. The Morgan fingerprint density at radius 3 is 2.83 bits per heavy atom. The van der Waals surface area contributed by atoms with Gasteiger partial charge < -0.3 is 30.0 Å². The zero-order valence-electron chi connectivity index (χ0n) is 26.2.